The lowest BCUT2D eigenvalue weighted by molar-refractivity contribution is -0.133. The zero-order valence-corrected chi connectivity index (χ0v) is 23.1. The van der Waals surface area contributed by atoms with Crippen LogP contribution < -0.4 is 10.6 Å². The highest BCUT2D eigenvalue weighted by atomic mass is 35.5. The van der Waals surface area contributed by atoms with Gasteiger partial charge in [-0.3, -0.25) is 23.9 Å². The molecule has 0 radical (unpaired) electrons. The molecule has 0 aliphatic carbocycles. The van der Waals surface area contributed by atoms with Crippen LogP contribution >= 0.6 is 22.9 Å². The smallest absolute Gasteiger partial charge is 0.308 e. The number of amides is 2. The average molecular weight is 565 g/mol. The Morgan fingerprint density at radius 3 is 2.51 bits per heavy atom. The molecule has 2 N–H and O–H groups in total. The summed E-state index contributed by atoms with van der Waals surface area (Å²) in [4.78, 5) is 41.7. The maximum atomic E-state index is 13.6. The van der Waals surface area contributed by atoms with Crippen molar-refractivity contribution in [2.75, 3.05) is 39.9 Å². The highest BCUT2D eigenvalue weighted by molar-refractivity contribution is 7.16. The predicted molar refractivity (Wildman–Crippen MR) is 154 cm³/mol. The van der Waals surface area contributed by atoms with Crippen LogP contribution in [0.15, 0.2) is 71.5 Å². The van der Waals surface area contributed by atoms with E-state index < -0.39 is 5.91 Å². The quantitative estimate of drug-likeness (QED) is 0.349. The van der Waals surface area contributed by atoms with Crippen LogP contribution in [0.25, 0.3) is 21.3 Å². The van der Waals surface area contributed by atoms with Crippen molar-refractivity contribution in [3.63, 3.8) is 0 Å². The number of morpholine rings is 1. The van der Waals surface area contributed by atoms with Gasteiger partial charge in [0, 0.05) is 37.3 Å². The van der Waals surface area contributed by atoms with E-state index in [-0.39, 0.29) is 23.4 Å². The van der Waals surface area contributed by atoms with Gasteiger partial charge in [-0.05, 0) is 47.0 Å². The van der Waals surface area contributed by atoms with Gasteiger partial charge in [0.2, 0.25) is 11.8 Å². The number of nitrogens with two attached hydrogens (primary N) is 1. The van der Waals surface area contributed by atoms with E-state index in [9.17, 15) is 14.4 Å². The molecule has 0 saturated carbocycles. The van der Waals surface area contributed by atoms with Crippen LogP contribution in [0.3, 0.4) is 0 Å². The lowest BCUT2D eigenvalue weighted by Crippen LogP contribution is -2.44. The molecule has 8 nitrogen and oxygen atoms in total. The van der Waals surface area contributed by atoms with Crippen molar-refractivity contribution in [1.29, 1.82) is 0 Å². The number of primary amides is 1. The minimum absolute atomic E-state index is 0.0761. The molecule has 1 atom stereocenters. The molecule has 2 amide bonds. The molecule has 1 aliphatic rings. The summed E-state index contributed by atoms with van der Waals surface area (Å²) in [5, 5.41) is 0.515. The summed E-state index contributed by atoms with van der Waals surface area (Å²) in [5.41, 5.74) is 9.35. The van der Waals surface area contributed by atoms with Gasteiger partial charge in [-0.15, -0.1) is 0 Å². The molecule has 0 bridgehead atoms. The van der Waals surface area contributed by atoms with E-state index in [1.807, 2.05) is 30.3 Å². The number of hydrogen-bond donors (Lipinski definition) is 1. The second-order valence-electron chi connectivity index (χ2n) is 9.57. The van der Waals surface area contributed by atoms with Gasteiger partial charge in [0.05, 0.1) is 29.5 Å². The van der Waals surface area contributed by atoms with Crippen LogP contribution in [-0.2, 0) is 16.1 Å². The minimum atomic E-state index is -0.473. The first-order valence-electron chi connectivity index (χ1n) is 12.6. The van der Waals surface area contributed by atoms with E-state index in [1.165, 1.54) is 4.57 Å². The van der Waals surface area contributed by atoms with Crippen molar-refractivity contribution in [2.45, 2.75) is 12.6 Å². The van der Waals surface area contributed by atoms with Crippen LogP contribution in [0, 0.1) is 0 Å². The third kappa shape index (κ3) is 6.07. The van der Waals surface area contributed by atoms with Crippen LogP contribution in [0.5, 0.6) is 0 Å². The number of benzene rings is 3. The van der Waals surface area contributed by atoms with E-state index in [4.69, 9.17) is 22.1 Å². The Morgan fingerprint density at radius 1 is 1.05 bits per heavy atom. The standard InChI is InChI=1S/C29H29ClN4O4S/c1-32(27(35)18-34-24-16-23(30)9-10-26(24)39-29(34)37)25(17-33-11-13-38-14-12-33)20-7-5-19(6-8-20)21-3-2-4-22(15-21)28(31)36/h2-10,15-16,25H,11-14,17-18H2,1H3,(H2,31,36). The van der Waals surface area contributed by atoms with Crippen molar-refractivity contribution in [2.24, 2.45) is 5.73 Å². The Morgan fingerprint density at radius 2 is 1.79 bits per heavy atom. The Balaban J connectivity index is 1.42. The molecule has 1 saturated heterocycles. The van der Waals surface area contributed by atoms with Gasteiger partial charge in [-0.1, -0.05) is 59.3 Å². The van der Waals surface area contributed by atoms with Crippen molar-refractivity contribution in [3.8, 4) is 11.1 Å². The lowest BCUT2D eigenvalue weighted by Gasteiger charge is -2.35. The Bertz CT molecular complexity index is 1560. The summed E-state index contributed by atoms with van der Waals surface area (Å²) in [5.74, 6) is -0.646. The normalized spacial score (nSPS) is 14.8. The first-order valence-corrected chi connectivity index (χ1v) is 13.8. The van der Waals surface area contributed by atoms with Gasteiger partial charge in [0.15, 0.2) is 0 Å². The predicted octanol–water partition coefficient (Wildman–Crippen LogP) is 4.01. The molecule has 1 fully saturated rings. The van der Waals surface area contributed by atoms with Gasteiger partial charge >= 0.3 is 4.87 Å². The molecule has 2 heterocycles. The fourth-order valence-electron chi connectivity index (χ4n) is 4.84. The van der Waals surface area contributed by atoms with Gasteiger partial charge in [0.1, 0.15) is 6.54 Å². The van der Waals surface area contributed by atoms with Crippen molar-refractivity contribution in [3.05, 3.63) is 92.5 Å². The number of thiazole rings is 1. The summed E-state index contributed by atoms with van der Waals surface area (Å²) in [6.07, 6.45) is 0. The summed E-state index contributed by atoms with van der Waals surface area (Å²) in [6, 6.07) is 20.2. The minimum Gasteiger partial charge on any atom is -0.379 e. The number of halogens is 1. The topological polar surface area (TPSA) is 97.9 Å². The molecular formula is C29H29ClN4O4S. The van der Waals surface area contributed by atoms with Gasteiger partial charge in [-0.25, -0.2) is 0 Å². The number of carbonyl (C=O) groups is 2. The van der Waals surface area contributed by atoms with Crippen molar-refractivity contribution < 1.29 is 14.3 Å². The van der Waals surface area contributed by atoms with E-state index in [0.717, 1.165) is 45.8 Å². The number of likely N-dealkylation sites (N-methyl/N-ethyl adjacent to an activating group) is 1. The second-order valence-corrected chi connectivity index (χ2v) is 11.0. The number of ether oxygens (including phenoxy) is 1. The highest BCUT2D eigenvalue weighted by Gasteiger charge is 2.26. The molecule has 1 aliphatic heterocycles. The van der Waals surface area contributed by atoms with E-state index in [0.29, 0.717) is 35.9 Å². The van der Waals surface area contributed by atoms with Crippen LogP contribution in [-0.4, -0.2) is 66.1 Å². The molecule has 4 aromatic rings. The van der Waals surface area contributed by atoms with Crippen molar-refractivity contribution in [1.82, 2.24) is 14.4 Å². The molecule has 5 rings (SSSR count). The first-order chi connectivity index (χ1) is 18.8. The number of carbonyl (C=O) groups excluding carboxylic acids is 2. The fourth-order valence-corrected chi connectivity index (χ4v) is 5.87. The third-order valence-electron chi connectivity index (χ3n) is 7.09. The number of rotatable bonds is 8. The molecule has 39 heavy (non-hydrogen) atoms. The van der Waals surface area contributed by atoms with Crippen molar-refractivity contribution >= 4 is 45.0 Å². The van der Waals surface area contributed by atoms with E-state index in [2.05, 4.69) is 4.90 Å². The Labute approximate surface area is 235 Å². The number of aromatic nitrogens is 1. The molecule has 202 valence electrons. The van der Waals surface area contributed by atoms with Crippen LogP contribution in [0.4, 0.5) is 0 Å². The molecule has 1 aromatic heterocycles. The number of fused-ring (bicyclic) bond motifs is 1. The van der Waals surface area contributed by atoms with Gasteiger partial charge in [0.25, 0.3) is 0 Å². The maximum Gasteiger partial charge on any atom is 0.308 e. The fraction of sp³-hybridized carbons (Fsp3) is 0.276. The maximum absolute atomic E-state index is 13.6. The summed E-state index contributed by atoms with van der Waals surface area (Å²) in [7, 11) is 1.78. The highest BCUT2D eigenvalue weighted by Crippen LogP contribution is 2.27. The molecule has 3 aromatic carbocycles. The third-order valence-corrected chi connectivity index (χ3v) is 8.29. The molecular weight excluding hydrogens is 536 g/mol. The Kier molecular flexibility index (Phi) is 8.13. The number of hydrogen-bond acceptors (Lipinski definition) is 6. The summed E-state index contributed by atoms with van der Waals surface area (Å²) >= 11 is 7.28. The number of nitrogens with zero attached hydrogens (tertiary/aromatic N) is 3. The zero-order valence-electron chi connectivity index (χ0n) is 21.5. The van der Waals surface area contributed by atoms with Gasteiger partial charge < -0.3 is 15.4 Å². The first kappa shape index (κ1) is 27.1. The SMILES string of the molecule is CN(C(=O)Cn1c(=O)sc2ccc(Cl)cc21)C(CN1CCOCC1)c1ccc(-c2cccc(C(N)=O)c2)cc1. The van der Waals surface area contributed by atoms with E-state index >= 15 is 0 Å². The monoisotopic (exact) mass is 564 g/mol. The molecule has 10 heteroatoms. The molecule has 1 unspecified atom stereocenters. The summed E-state index contributed by atoms with van der Waals surface area (Å²) < 4.78 is 7.80. The zero-order chi connectivity index (χ0) is 27.5. The van der Waals surface area contributed by atoms with Crippen LogP contribution in [0.1, 0.15) is 22.0 Å². The Hall–Kier alpha value is -3.50. The largest absolute Gasteiger partial charge is 0.379 e. The average Bonchev–Trinajstić information content (AvgIpc) is 3.25. The summed E-state index contributed by atoms with van der Waals surface area (Å²) in [6.45, 7) is 3.42. The second kappa shape index (κ2) is 11.7. The van der Waals surface area contributed by atoms with E-state index in [1.54, 1.807) is 48.3 Å². The van der Waals surface area contributed by atoms with Crippen LogP contribution in [0.2, 0.25) is 5.02 Å². The lowest BCUT2D eigenvalue weighted by atomic mass is 9.98. The van der Waals surface area contributed by atoms with Gasteiger partial charge in [-0.2, -0.15) is 0 Å². The molecule has 0 spiro atoms.